The molecule has 0 fully saturated rings. The van der Waals surface area contributed by atoms with Gasteiger partial charge in [0.2, 0.25) is 0 Å². The summed E-state index contributed by atoms with van der Waals surface area (Å²) in [5.74, 6) is 0.631. The predicted octanol–water partition coefficient (Wildman–Crippen LogP) is 2.75. The van der Waals surface area contributed by atoms with Crippen molar-refractivity contribution in [3.8, 4) is 5.75 Å². The van der Waals surface area contributed by atoms with Gasteiger partial charge in [-0.05, 0) is 24.2 Å². The van der Waals surface area contributed by atoms with Gasteiger partial charge in [-0.25, -0.2) is 0 Å². The Kier molecular flexibility index (Phi) is 6.66. The Labute approximate surface area is 110 Å². The van der Waals surface area contributed by atoms with Crippen molar-refractivity contribution < 1.29 is 22.6 Å². The lowest BCUT2D eigenvalue weighted by Gasteiger charge is -2.10. The van der Waals surface area contributed by atoms with Crippen LogP contribution in [0.4, 0.5) is 13.2 Å². The van der Waals surface area contributed by atoms with Gasteiger partial charge in [0.1, 0.15) is 19.0 Å². The second kappa shape index (κ2) is 8.01. The minimum Gasteiger partial charge on any atom is -0.491 e. The lowest BCUT2D eigenvalue weighted by molar-refractivity contribution is -0.175. The van der Waals surface area contributed by atoms with E-state index in [2.05, 4.69) is 10.1 Å². The fraction of sp³-hybridized carbons (Fsp3) is 0.538. The fourth-order valence-corrected chi connectivity index (χ4v) is 1.42. The summed E-state index contributed by atoms with van der Waals surface area (Å²) in [4.78, 5) is 0. The van der Waals surface area contributed by atoms with E-state index in [-0.39, 0.29) is 13.2 Å². The van der Waals surface area contributed by atoms with E-state index in [1.165, 1.54) is 0 Å². The zero-order valence-corrected chi connectivity index (χ0v) is 10.8. The number of nitrogens with one attached hydrogen (secondary N) is 1. The summed E-state index contributed by atoms with van der Waals surface area (Å²) in [7, 11) is 0. The average molecular weight is 277 g/mol. The van der Waals surface area contributed by atoms with Crippen LogP contribution in [-0.2, 0) is 11.3 Å². The first-order valence-electron chi connectivity index (χ1n) is 6.08. The molecule has 1 aromatic rings. The van der Waals surface area contributed by atoms with Crippen molar-refractivity contribution in [3.63, 3.8) is 0 Å². The summed E-state index contributed by atoms with van der Waals surface area (Å²) < 4.78 is 45.2. The molecule has 1 N–H and O–H groups in total. The van der Waals surface area contributed by atoms with Gasteiger partial charge in [-0.2, -0.15) is 13.2 Å². The summed E-state index contributed by atoms with van der Waals surface area (Å²) in [6.45, 7) is 2.39. The number of rotatable bonds is 8. The van der Waals surface area contributed by atoms with Crippen LogP contribution < -0.4 is 10.1 Å². The first-order chi connectivity index (χ1) is 9.01. The van der Waals surface area contributed by atoms with Gasteiger partial charge < -0.3 is 14.8 Å². The quantitative estimate of drug-likeness (QED) is 0.741. The molecule has 1 aromatic carbocycles. The molecule has 0 saturated carbocycles. The first kappa shape index (κ1) is 15.8. The van der Waals surface area contributed by atoms with Gasteiger partial charge in [-0.3, -0.25) is 0 Å². The molecule has 0 saturated heterocycles. The van der Waals surface area contributed by atoms with Crippen LogP contribution in [0.2, 0.25) is 0 Å². The van der Waals surface area contributed by atoms with E-state index in [9.17, 15) is 13.2 Å². The number of hydrogen-bond acceptors (Lipinski definition) is 3. The van der Waals surface area contributed by atoms with E-state index < -0.39 is 12.8 Å². The Morgan fingerprint density at radius 1 is 1.21 bits per heavy atom. The Bertz CT molecular complexity index is 369. The maximum atomic E-state index is 11.8. The summed E-state index contributed by atoms with van der Waals surface area (Å²) in [5.41, 5.74) is 1.07. The lowest BCUT2D eigenvalue weighted by atomic mass is 10.2. The second-order valence-electron chi connectivity index (χ2n) is 3.94. The van der Waals surface area contributed by atoms with E-state index in [1.807, 2.05) is 25.1 Å². The molecule has 0 aliphatic heterocycles. The van der Waals surface area contributed by atoms with E-state index in [0.29, 0.717) is 5.75 Å². The normalized spacial score (nSPS) is 11.6. The third-order valence-electron chi connectivity index (χ3n) is 2.24. The Morgan fingerprint density at radius 3 is 2.68 bits per heavy atom. The third-order valence-corrected chi connectivity index (χ3v) is 2.24. The van der Waals surface area contributed by atoms with Gasteiger partial charge in [0.05, 0.1) is 6.61 Å². The van der Waals surface area contributed by atoms with Gasteiger partial charge >= 0.3 is 6.18 Å². The van der Waals surface area contributed by atoms with Crippen molar-refractivity contribution in [1.82, 2.24) is 5.32 Å². The molecule has 108 valence electrons. The molecule has 0 amide bonds. The highest BCUT2D eigenvalue weighted by atomic mass is 19.4. The molecule has 0 aliphatic rings. The molecule has 0 radical (unpaired) electrons. The standard InChI is InChI=1S/C13H18F3NO2/c1-2-17-9-11-4-3-5-12(8-11)19-7-6-18-10-13(14,15)16/h3-5,8,17H,2,6-7,9-10H2,1H3. The van der Waals surface area contributed by atoms with Crippen LogP contribution in [0.15, 0.2) is 24.3 Å². The van der Waals surface area contributed by atoms with Crippen LogP contribution in [0, 0.1) is 0 Å². The number of alkyl halides is 3. The highest BCUT2D eigenvalue weighted by molar-refractivity contribution is 5.28. The zero-order valence-electron chi connectivity index (χ0n) is 10.8. The maximum absolute atomic E-state index is 11.8. The smallest absolute Gasteiger partial charge is 0.411 e. The van der Waals surface area contributed by atoms with Gasteiger partial charge in [-0.15, -0.1) is 0 Å². The number of hydrogen-bond donors (Lipinski definition) is 1. The van der Waals surface area contributed by atoms with E-state index in [4.69, 9.17) is 4.74 Å². The Hall–Kier alpha value is -1.27. The van der Waals surface area contributed by atoms with Gasteiger partial charge in [0, 0.05) is 6.54 Å². The number of benzene rings is 1. The van der Waals surface area contributed by atoms with E-state index >= 15 is 0 Å². The monoisotopic (exact) mass is 277 g/mol. The molecule has 0 heterocycles. The van der Waals surface area contributed by atoms with Crippen molar-refractivity contribution in [2.24, 2.45) is 0 Å². The van der Waals surface area contributed by atoms with Crippen LogP contribution in [0.5, 0.6) is 5.75 Å². The fourth-order valence-electron chi connectivity index (χ4n) is 1.42. The van der Waals surface area contributed by atoms with E-state index in [0.717, 1.165) is 18.7 Å². The first-order valence-corrected chi connectivity index (χ1v) is 6.08. The number of halogens is 3. The minimum absolute atomic E-state index is 0.0864. The predicted molar refractivity (Wildman–Crippen MR) is 66.2 cm³/mol. The summed E-state index contributed by atoms with van der Waals surface area (Å²) in [5, 5.41) is 3.18. The molecule has 0 unspecified atom stereocenters. The summed E-state index contributed by atoms with van der Waals surface area (Å²) in [6.07, 6.45) is -4.29. The Balaban J connectivity index is 2.25. The van der Waals surface area contributed by atoms with Crippen molar-refractivity contribution in [2.75, 3.05) is 26.4 Å². The molecule has 0 aliphatic carbocycles. The van der Waals surface area contributed by atoms with Gasteiger partial charge in [0.25, 0.3) is 0 Å². The molecule has 0 aromatic heterocycles. The van der Waals surface area contributed by atoms with Crippen LogP contribution in [0.1, 0.15) is 12.5 Å². The third kappa shape index (κ3) is 7.69. The molecular weight excluding hydrogens is 259 g/mol. The van der Waals surface area contributed by atoms with Crippen LogP contribution >= 0.6 is 0 Å². The van der Waals surface area contributed by atoms with Crippen LogP contribution in [-0.4, -0.2) is 32.5 Å². The van der Waals surface area contributed by atoms with Crippen LogP contribution in [0.25, 0.3) is 0 Å². The minimum atomic E-state index is -4.29. The highest BCUT2D eigenvalue weighted by Crippen LogP contribution is 2.15. The topological polar surface area (TPSA) is 30.5 Å². The van der Waals surface area contributed by atoms with Crippen LogP contribution in [0.3, 0.4) is 0 Å². The largest absolute Gasteiger partial charge is 0.491 e. The van der Waals surface area contributed by atoms with Gasteiger partial charge in [-0.1, -0.05) is 19.1 Å². The summed E-state index contributed by atoms with van der Waals surface area (Å²) >= 11 is 0. The molecule has 3 nitrogen and oxygen atoms in total. The molecular formula is C13H18F3NO2. The molecule has 0 atom stereocenters. The molecule has 6 heteroatoms. The van der Waals surface area contributed by atoms with E-state index in [1.54, 1.807) is 6.07 Å². The van der Waals surface area contributed by atoms with Crippen molar-refractivity contribution in [2.45, 2.75) is 19.6 Å². The molecule has 0 spiro atoms. The lowest BCUT2D eigenvalue weighted by Crippen LogP contribution is -2.19. The summed E-state index contributed by atoms with van der Waals surface area (Å²) in [6, 6.07) is 7.42. The van der Waals surface area contributed by atoms with Crippen molar-refractivity contribution in [3.05, 3.63) is 29.8 Å². The Morgan fingerprint density at radius 2 is 2.00 bits per heavy atom. The molecule has 19 heavy (non-hydrogen) atoms. The molecule has 0 bridgehead atoms. The average Bonchev–Trinajstić information content (AvgIpc) is 2.35. The van der Waals surface area contributed by atoms with Crippen molar-refractivity contribution >= 4 is 0 Å². The van der Waals surface area contributed by atoms with Crippen molar-refractivity contribution in [1.29, 1.82) is 0 Å². The number of ether oxygens (including phenoxy) is 2. The zero-order chi connectivity index (χ0) is 14.1. The van der Waals surface area contributed by atoms with Gasteiger partial charge in [0.15, 0.2) is 0 Å². The second-order valence-corrected chi connectivity index (χ2v) is 3.94. The molecule has 1 rings (SSSR count). The highest BCUT2D eigenvalue weighted by Gasteiger charge is 2.27. The SMILES string of the molecule is CCNCc1cccc(OCCOCC(F)(F)F)c1. The maximum Gasteiger partial charge on any atom is 0.411 e.